The van der Waals surface area contributed by atoms with Crippen LogP contribution in [0.2, 0.25) is 0 Å². The van der Waals surface area contributed by atoms with Gasteiger partial charge in [-0.05, 0) is 50.9 Å². The number of hydrogen-bond donors (Lipinski definition) is 2. The van der Waals surface area contributed by atoms with Gasteiger partial charge < -0.3 is 20.4 Å². The Morgan fingerprint density at radius 3 is 2.56 bits per heavy atom. The number of anilines is 1. The molecule has 1 aromatic carbocycles. The summed E-state index contributed by atoms with van der Waals surface area (Å²) in [5.74, 6) is -0.480. The van der Waals surface area contributed by atoms with Crippen LogP contribution in [0.25, 0.3) is 0 Å². The largest absolute Gasteiger partial charge is 0.354 e. The lowest BCUT2D eigenvalue weighted by Gasteiger charge is -2.21. The average Bonchev–Trinajstić information content (AvgIpc) is 3.33. The maximum absolute atomic E-state index is 12.8. The lowest BCUT2D eigenvalue weighted by Crippen LogP contribution is -2.39. The van der Waals surface area contributed by atoms with Crippen molar-refractivity contribution in [1.29, 1.82) is 0 Å². The van der Waals surface area contributed by atoms with E-state index in [1.165, 1.54) is 24.2 Å². The molecule has 2 aliphatic rings. The fourth-order valence-corrected chi connectivity index (χ4v) is 4.57. The molecular formula is C23H29N5O3S. The normalized spacial score (nSPS) is 16.0. The number of rotatable bonds is 10. The van der Waals surface area contributed by atoms with Crippen LogP contribution in [0.15, 0.2) is 35.7 Å². The van der Waals surface area contributed by atoms with E-state index in [4.69, 9.17) is 0 Å². The lowest BCUT2D eigenvalue weighted by molar-refractivity contribution is -0.120. The van der Waals surface area contributed by atoms with Gasteiger partial charge in [-0.2, -0.15) is 0 Å². The molecule has 1 saturated carbocycles. The summed E-state index contributed by atoms with van der Waals surface area (Å²) < 4.78 is 0. The smallest absolute Gasteiger partial charge is 0.254 e. The molecule has 0 spiro atoms. The number of benzene rings is 1. The number of aromatic nitrogens is 1. The van der Waals surface area contributed by atoms with Crippen molar-refractivity contribution in [2.75, 3.05) is 38.0 Å². The van der Waals surface area contributed by atoms with Crippen molar-refractivity contribution < 1.29 is 14.4 Å². The third-order valence-corrected chi connectivity index (χ3v) is 6.48. The van der Waals surface area contributed by atoms with E-state index < -0.39 is 0 Å². The molecule has 0 unspecified atom stereocenters. The summed E-state index contributed by atoms with van der Waals surface area (Å²) in [7, 11) is 0. The number of nitrogens with one attached hydrogen (secondary N) is 2. The molecule has 2 N–H and O–H groups in total. The lowest BCUT2D eigenvalue weighted by atomic mass is 10.2. The van der Waals surface area contributed by atoms with E-state index in [2.05, 4.69) is 20.5 Å². The van der Waals surface area contributed by atoms with E-state index >= 15 is 0 Å². The van der Waals surface area contributed by atoms with Crippen LogP contribution in [0, 0.1) is 0 Å². The second-order valence-electron chi connectivity index (χ2n) is 8.30. The molecule has 2 fully saturated rings. The highest BCUT2D eigenvalue weighted by Crippen LogP contribution is 2.28. The van der Waals surface area contributed by atoms with Crippen molar-refractivity contribution >= 4 is 34.2 Å². The maximum atomic E-state index is 12.8. The standard InChI is InChI=1S/C23H29N5O3S/c29-20(24-10-13-27-11-4-5-12-27)14-18-16-32-23(25-18)26-21(30)15-28(19-8-9-19)22(31)17-6-2-1-3-7-17/h1-3,6-7,16,19H,4-5,8-15H2,(H,24,29)(H,25,26,30). The van der Waals surface area contributed by atoms with Gasteiger partial charge in [-0.3, -0.25) is 14.4 Å². The molecule has 3 amide bonds. The Balaban J connectivity index is 1.23. The fraction of sp³-hybridized carbons (Fsp3) is 0.478. The summed E-state index contributed by atoms with van der Waals surface area (Å²) in [6, 6.07) is 9.14. The zero-order valence-electron chi connectivity index (χ0n) is 18.1. The summed E-state index contributed by atoms with van der Waals surface area (Å²) in [4.78, 5) is 45.9. The second kappa shape index (κ2) is 10.7. The van der Waals surface area contributed by atoms with Crippen LogP contribution in [-0.4, -0.2) is 71.3 Å². The van der Waals surface area contributed by atoms with Crippen molar-refractivity contribution in [3.63, 3.8) is 0 Å². The molecule has 1 aliphatic heterocycles. The van der Waals surface area contributed by atoms with Crippen LogP contribution < -0.4 is 10.6 Å². The van der Waals surface area contributed by atoms with Gasteiger partial charge in [-0.15, -0.1) is 11.3 Å². The van der Waals surface area contributed by atoms with E-state index in [1.807, 2.05) is 18.2 Å². The molecule has 170 valence electrons. The third kappa shape index (κ3) is 6.37. The van der Waals surface area contributed by atoms with Crippen molar-refractivity contribution in [3.8, 4) is 0 Å². The Morgan fingerprint density at radius 1 is 1.09 bits per heavy atom. The molecule has 32 heavy (non-hydrogen) atoms. The highest BCUT2D eigenvalue weighted by atomic mass is 32.1. The minimum absolute atomic E-state index is 0.00963. The zero-order valence-corrected chi connectivity index (χ0v) is 18.9. The first kappa shape index (κ1) is 22.4. The van der Waals surface area contributed by atoms with Crippen molar-refractivity contribution in [2.24, 2.45) is 0 Å². The van der Waals surface area contributed by atoms with E-state index in [0.29, 0.717) is 22.9 Å². The third-order valence-electron chi connectivity index (χ3n) is 5.67. The summed E-state index contributed by atoms with van der Waals surface area (Å²) >= 11 is 1.29. The van der Waals surface area contributed by atoms with Gasteiger partial charge in [0.1, 0.15) is 6.54 Å². The van der Waals surface area contributed by atoms with Gasteiger partial charge in [-0.25, -0.2) is 4.98 Å². The number of hydrogen-bond acceptors (Lipinski definition) is 6. The first-order valence-corrected chi connectivity index (χ1v) is 12.1. The molecule has 4 rings (SSSR count). The number of likely N-dealkylation sites (tertiary alicyclic amines) is 1. The summed E-state index contributed by atoms with van der Waals surface area (Å²) in [5, 5.41) is 7.93. The molecule has 1 aliphatic carbocycles. The van der Waals surface area contributed by atoms with Crippen LogP contribution >= 0.6 is 11.3 Å². The van der Waals surface area contributed by atoms with Crippen LogP contribution in [0.1, 0.15) is 41.7 Å². The molecule has 0 bridgehead atoms. The average molecular weight is 456 g/mol. The zero-order chi connectivity index (χ0) is 22.3. The van der Waals surface area contributed by atoms with Gasteiger partial charge in [-0.1, -0.05) is 18.2 Å². The number of thiazole rings is 1. The Kier molecular flexibility index (Phi) is 7.49. The van der Waals surface area contributed by atoms with E-state index in [0.717, 1.165) is 32.5 Å². The number of carbonyl (C=O) groups is 3. The quantitative estimate of drug-likeness (QED) is 0.572. The van der Waals surface area contributed by atoms with Gasteiger partial charge in [0.15, 0.2) is 5.13 Å². The highest BCUT2D eigenvalue weighted by Gasteiger charge is 2.34. The number of nitrogens with zero attached hydrogens (tertiary/aromatic N) is 3. The molecule has 0 radical (unpaired) electrons. The molecule has 2 aromatic rings. The Morgan fingerprint density at radius 2 is 1.84 bits per heavy atom. The summed E-state index contributed by atoms with van der Waals surface area (Å²) in [6.07, 6.45) is 4.49. The molecule has 9 heteroatoms. The number of amides is 3. The summed E-state index contributed by atoms with van der Waals surface area (Å²) in [6.45, 7) is 3.73. The van der Waals surface area contributed by atoms with E-state index in [1.54, 1.807) is 22.4 Å². The Hall–Kier alpha value is -2.78. The minimum atomic E-state index is -0.280. The topological polar surface area (TPSA) is 94.6 Å². The number of carbonyl (C=O) groups excluding carboxylic acids is 3. The molecule has 1 aromatic heterocycles. The molecule has 1 saturated heterocycles. The van der Waals surface area contributed by atoms with Crippen molar-refractivity contribution in [2.45, 2.75) is 38.1 Å². The Labute approximate surface area is 192 Å². The summed E-state index contributed by atoms with van der Waals surface area (Å²) in [5.41, 5.74) is 1.21. The first-order valence-electron chi connectivity index (χ1n) is 11.2. The highest BCUT2D eigenvalue weighted by molar-refractivity contribution is 7.13. The van der Waals surface area contributed by atoms with Gasteiger partial charge in [0.25, 0.3) is 5.91 Å². The molecule has 2 heterocycles. The van der Waals surface area contributed by atoms with E-state index in [-0.39, 0.29) is 36.7 Å². The first-order chi connectivity index (χ1) is 15.6. The Bertz CT molecular complexity index is 938. The SMILES string of the molecule is O=C(Cc1csc(NC(=O)CN(C(=O)c2ccccc2)C2CC2)n1)NCCN1CCCC1. The molecule has 0 atom stereocenters. The predicted molar refractivity (Wildman–Crippen MR) is 124 cm³/mol. The van der Waals surface area contributed by atoms with Gasteiger partial charge in [0.05, 0.1) is 12.1 Å². The van der Waals surface area contributed by atoms with Crippen molar-refractivity contribution in [3.05, 3.63) is 47.0 Å². The van der Waals surface area contributed by atoms with Crippen molar-refractivity contribution in [1.82, 2.24) is 20.1 Å². The minimum Gasteiger partial charge on any atom is -0.354 e. The second-order valence-corrected chi connectivity index (χ2v) is 9.16. The van der Waals surface area contributed by atoms with Gasteiger partial charge >= 0.3 is 0 Å². The van der Waals surface area contributed by atoms with Crippen LogP contribution in [0.3, 0.4) is 0 Å². The predicted octanol–water partition coefficient (Wildman–Crippen LogP) is 2.14. The monoisotopic (exact) mass is 455 g/mol. The van der Waals surface area contributed by atoms with Gasteiger partial charge in [0.2, 0.25) is 11.8 Å². The van der Waals surface area contributed by atoms with Crippen LogP contribution in [-0.2, 0) is 16.0 Å². The fourth-order valence-electron chi connectivity index (χ4n) is 3.85. The van der Waals surface area contributed by atoms with E-state index in [9.17, 15) is 14.4 Å². The van der Waals surface area contributed by atoms with Crippen LogP contribution in [0.5, 0.6) is 0 Å². The maximum Gasteiger partial charge on any atom is 0.254 e. The van der Waals surface area contributed by atoms with Crippen LogP contribution in [0.4, 0.5) is 5.13 Å². The molecular weight excluding hydrogens is 426 g/mol. The van der Waals surface area contributed by atoms with Gasteiger partial charge in [0, 0.05) is 30.1 Å². The molecule has 8 nitrogen and oxygen atoms in total.